The van der Waals surface area contributed by atoms with E-state index in [1.165, 1.54) is 6.92 Å². The Morgan fingerprint density at radius 2 is 1.75 bits per heavy atom. The molecule has 2 N–H and O–H groups in total. The average molecular weight is 347 g/mol. The lowest BCUT2D eigenvalue weighted by molar-refractivity contribution is -0.118. The van der Waals surface area contributed by atoms with Gasteiger partial charge < -0.3 is 15.4 Å². The van der Waals surface area contributed by atoms with E-state index >= 15 is 0 Å². The largest absolute Gasteiger partial charge is 0.484 e. The Hall–Kier alpha value is -2.53. The molecule has 6 heteroatoms. The quantitative estimate of drug-likeness (QED) is 0.861. The number of amides is 2. The summed E-state index contributed by atoms with van der Waals surface area (Å²) in [6.07, 6.45) is 0. The van der Waals surface area contributed by atoms with Gasteiger partial charge in [-0.1, -0.05) is 17.7 Å². The maximum atomic E-state index is 12.1. The molecule has 0 aliphatic carbocycles. The van der Waals surface area contributed by atoms with Crippen LogP contribution in [0.3, 0.4) is 0 Å². The van der Waals surface area contributed by atoms with Crippen molar-refractivity contribution in [2.45, 2.75) is 20.8 Å². The Morgan fingerprint density at radius 3 is 2.38 bits per heavy atom. The van der Waals surface area contributed by atoms with Gasteiger partial charge in [0.2, 0.25) is 5.91 Å². The summed E-state index contributed by atoms with van der Waals surface area (Å²) in [5.74, 6) is 0.129. The summed E-state index contributed by atoms with van der Waals surface area (Å²) in [7, 11) is 0. The van der Waals surface area contributed by atoms with Crippen molar-refractivity contribution in [2.75, 3.05) is 17.2 Å². The average Bonchev–Trinajstić information content (AvgIpc) is 2.52. The van der Waals surface area contributed by atoms with Gasteiger partial charge in [-0.15, -0.1) is 0 Å². The molecule has 5 nitrogen and oxygen atoms in total. The molecule has 0 aromatic heterocycles. The van der Waals surface area contributed by atoms with Gasteiger partial charge in [0.25, 0.3) is 5.91 Å². The first-order valence-electron chi connectivity index (χ1n) is 7.43. The van der Waals surface area contributed by atoms with Crippen LogP contribution in [0.15, 0.2) is 36.4 Å². The Morgan fingerprint density at radius 1 is 1.08 bits per heavy atom. The fourth-order valence-corrected chi connectivity index (χ4v) is 2.26. The summed E-state index contributed by atoms with van der Waals surface area (Å²) in [5.41, 5.74) is 2.95. The molecule has 2 amide bonds. The Bertz CT molecular complexity index is 775. The second-order valence-corrected chi connectivity index (χ2v) is 5.81. The van der Waals surface area contributed by atoms with Gasteiger partial charge >= 0.3 is 0 Å². The van der Waals surface area contributed by atoms with E-state index in [4.69, 9.17) is 16.3 Å². The van der Waals surface area contributed by atoms with Crippen LogP contribution >= 0.6 is 11.6 Å². The Kier molecular flexibility index (Phi) is 5.82. The predicted octanol–water partition coefficient (Wildman–Crippen LogP) is 3.93. The molecular weight excluding hydrogens is 328 g/mol. The molecule has 0 heterocycles. The third-order valence-electron chi connectivity index (χ3n) is 3.42. The summed E-state index contributed by atoms with van der Waals surface area (Å²) in [5, 5.41) is 6.15. The van der Waals surface area contributed by atoms with Gasteiger partial charge in [0.05, 0.1) is 0 Å². The van der Waals surface area contributed by atoms with Crippen LogP contribution in [0.5, 0.6) is 5.75 Å². The number of rotatable bonds is 5. The maximum Gasteiger partial charge on any atom is 0.262 e. The molecule has 0 aliphatic heterocycles. The number of carbonyl (C=O) groups is 2. The molecule has 0 aliphatic rings. The summed E-state index contributed by atoms with van der Waals surface area (Å²) in [6, 6.07) is 10.5. The molecule has 0 bridgehead atoms. The number of hydrogen-bond acceptors (Lipinski definition) is 3. The van der Waals surface area contributed by atoms with Crippen molar-refractivity contribution in [3.8, 4) is 5.75 Å². The second-order valence-electron chi connectivity index (χ2n) is 5.41. The topological polar surface area (TPSA) is 67.4 Å². The zero-order valence-electron chi connectivity index (χ0n) is 13.8. The Balaban J connectivity index is 1.99. The molecule has 0 saturated carbocycles. The predicted molar refractivity (Wildman–Crippen MR) is 95.8 cm³/mol. The van der Waals surface area contributed by atoms with Crippen LogP contribution in [-0.4, -0.2) is 18.4 Å². The van der Waals surface area contributed by atoms with Crippen LogP contribution in [0.4, 0.5) is 11.4 Å². The molecule has 0 radical (unpaired) electrons. The number of aryl methyl sites for hydroxylation is 1. The van der Waals surface area contributed by atoms with E-state index in [0.717, 1.165) is 11.1 Å². The minimum atomic E-state index is -0.286. The summed E-state index contributed by atoms with van der Waals surface area (Å²) in [4.78, 5) is 23.3. The number of carbonyl (C=O) groups excluding carboxylic acids is 2. The van der Waals surface area contributed by atoms with Crippen molar-refractivity contribution in [2.24, 2.45) is 0 Å². The Labute approximate surface area is 146 Å². The van der Waals surface area contributed by atoms with Crippen LogP contribution in [0, 0.1) is 13.8 Å². The third-order valence-corrected chi connectivity index (χ3v) is 3.84. The van der Waals surface area contributed by atoms with E-state index < -0.39 is 0 Å². The van der Waals surface area contributed by atoms with Crippen LogP contribution in [0.1, 0.15) is 18.1 Å². The van der Waals surface area contributed by atoms with Crippen molar-refractivity contribution in [1.82, 2.24) is 0 Å². The monoisotopic (exact) mass is 346 g/mol. The molecule has 0 saturated heterocycles. The van der Waals surface area contributed by atoms with Crippen molar-refractivity contribution < 1.29 is 14.3 Å². The first kappa shape index (κ1) is 17.8. The van der Waals surface area contributed by atoms with Crippen molar-refractivity contribution in [3.05, 3.63) is 52.5 Å². The number of ether oxygens (including phenoxy) is 1. The van der Waals surface area contributed by atoms with E-state index in [-0.39, 0.29) is 18.4 Å². The molecule has 24 heavy (non-hydrogen) atoms. The highest BCUT2D eigenvalue weighted by Crippen LogP contribution is 2.24. The number of hydrogen-bond donors (Lipinski definition) is 2. The van der Waals surface area contributed by atoms with Crippen LogP contribution in [0.2, 0.25) is 5.02 Å². The van der Waals surface area contributed by atoms with E-state index in [0.29, 0.717) is 22.1 Å². The lowest BCUT2D eigenvalue weighted by atomic mass is 10.1. The normalized spacial score (nSPS) is 10.2. The zero-order chi connectivity index (χ0) is 17.7. The molecule has 0 atom stereocenters. The summed E-state index contributed by atoms with van der Waals surface area (Å²) >= 11 is 5.95. The van der Waals surface area contributed by atoms with Gasteiger partial charge in [0.15, 0.2) is 6.61 Å². The third kappa shape index (κ3) is 4.73. The molecule has 2 rings (SSSR count). The highest BCUT2D eigenvalue weighted by atomic mass is 35.5. The van der Waals surface area contributed by atoms with E-state index in [9.17, 15) is 9.59 Å². The SMILES string of the molecule is CC(=O)Nc1cccc(NC(=O)COc2ccc(Cl)c(C)c2)c1C. The molecule has 0 spiro atoms. The van der Waals surface area contributed by atoms with Gasteiger partial charge in [0, 0.05) is 23.3 Å². The van der Waals surface area contributed by atoms with E-state index in [1.54, 1.807) is 36.4 Å². The van der Waals surface area contributed by atoms with Gasteiger partial charge in [0.1, 0.15) is 5.75 Å². The van der Waals surface area contributed by atoms with E-state index in [2.05, 4.69) is 10.6 Å². The molecule has 126 valence electrons. The lowest BCUT2D eigenvalue weighted by Crippen LogP contribution is -2.21. The smallest absolute Gasteiger partial charge is 0.262 e. The van der Waals surface area contributed by atoms with Crippen molar-refractivity contribution >= 4 is 34.8 Å². The highest BCUT2D eigenvalue weighted by molar-refractivity contribution is 6.31. The van der Waals surface area contributed by atoms with Crippen LogP contribution in [0.25, 0.3) is 0 Å². The van der Waals surface area contributed by atoms with Gasteiger partial charge in [-0.3, -0.25) is 9.59 Å². The number of nitrogens with one attached hydrogen (secondary N) is 2. The molecule has 0 fully saturated rings. The molecule has 2 aromatic carbocycles. The van der Waals surface area contributed by atoms with Crippen molar-refractivity contribution in [1.29, 1.82) is 0 Å². The fraction of sp³-hybridized carbons (Fsp3) is 0.222. The first-order valence-corrected chi connectivity index (χ1v) is 7.80. The lowest BCUT2D eigenvalue weighted by Gasteiger charge is -2.13. The van der Waals surface area contributed by atoms with Gasteiger partial charge in [-0.2, -0.15) is 0 Å². The van der Waals surface area contributed by atoms with E-state index in [1.807, 2.05) is 13.8 Å². The number of anilines is 2. The minimum absolute atomic E-state index is 0.120. The zero-order valence-corrected chi connectivity index (χ0v) is 14.5. The van der Waals surface area contributed by atoms with Crippen LogP contribution in [-0.2, 0) is 9.59 Å². The van der Waals surface area contributed by atoms with Crippen molar-refractivity contribution in [3.63, 3.8) is 0 Å². The summed E-state index contributed by atoms with van der Waals surface area (Å²) in [6.45, 7) is 5.01. The number of halogens is 1. The van der Waals surface area contributed by atoms with Gasteiger partial charge in [-0.05, 0) is 55.3 Å². The minimum Gasteiger partial charge on any atom is -0.484 e. The second kappa shape index (κ2) is 7.84. The first-order chi connectivity index (χ1) is 11.4. The van der Waals surface area contributed by atoms with Crippen LogP contribution < -0.4 is 15.4 Å². The molecule has 0 unspecified atom stereocenters. The highest BCUT2D eigenvalue weighted by Gasteiger charge is 2.09. The fourth-order valence-electron chi connectivity index (χ4n) is 2.14. The molecule has 2 aromatic rings. The van der Waals surface area contributed by atoms with Gasteiger partial charge in [-0.25, -0.2) is 0 Å². The standard InChI is InChI=1S/C18H19ClN2O3/c1-11-9-14(7-8-15(11)19)24-10-18(23)21-17-6-4-5-16(12(17)2)20-13(3)22/h4-9H,10H2,1-3H3,(H,20,22)(H,21,23). The summed E-state index contributed by atoms with van der Waals surface area (Å²) < 4.78 is 5.47. The number of benzene rings is 2. The maximum absolute atomic E-state index is 12.1. The molecular formula is C18H19ClN2O3.